The fourth-order valence-corrected chi connectivity index (χ4v) is 2.24. The zero-order valence-electron chi connectivity index (χ0n) is 8.81. The van der Waals surface area contributed by atoms with Crippen molar-refractivity contribution in [3.8, 4) is 0 Å². The number of methoxy groups -OCH3 is 2. The van der Waals surface area contributed by atoms with Crippen molar-refractivity contribution in [2.45, 2.75) is 25.0 Å². The van der Waals surface area contributed by atoms with Crippen LogP contribution in [0.5, 0.6) is 0 Å². The zero-order chi connectivity index (χ0) is 10.6. The summed E-state index contributed by atoms with van der Waals surface area (Å²) < 4.78 is 10.6. The summed E-state index contributed by atoms with van der Waals surface area (Å²) in [5, 5.41) is 0. The van der Waals surface area contributed by atoms with E-state index in [9.17, 15) is 4.79 Å². The largest absolute Gasteiger partial charge is 0.379 e. The van der Waals surface area contributed by atoms with Crippen LogP contribution in [-0.2, 0) is 14.3 Å². The molecular weight excluding hydrogens is 182 g/mol. The van der Waals surface area contributed by atoms with E-state index >= 15 is 0 Å². The van der Waals surface area contributed by atoms with Gasteiger partial charge in [0.05, 0.1) is 12.2 Å². The van der Waals surface area contributed by atoms with Gasteiger partial charge in [-0.3, -0.25) is 0 Å². The maximum atomic E-state index is 10.9. The molecule has 0 saturated heterocycles. The molecule has 4 nitrogen and oxygen atoms in total. The Hall–Kier alpha value is -0.450. The molecule has 1 saturated carbocycles. The molecule has 14 heavy (non-hydrogen) atoms. The number of nitrogens with two attached hydrogens (primary N) is 1. The second-order valence-corrected chi connectivity index (χ2v) is 3.85. The molecule has 4 unspecified atom stereocenters. The third-order valence-corrected chi connectivity index (χ3v) is 3.04. The Morgan fingerprint density at radius 2 is 2.07 bits per heavy atom. The zero-order valence-corrected chi connectivity index (χ0v) is 8.81. The van der Waals surface area contributed by atoms with Gasteiger partial charge in [0.15, 0.2) is 0 Å². The van der Waals surface area contributed by atoms with E-state index in [-0.39, 0.29) is 18.1 Å². The average molecular weight is 201 g/mol. The number of hydrogen-bond acceptors (Lipinski definition) is 4. The Kier molecular flexibility index (Phi) is 4.51. The monoisotopic (exact) mass is 201 g/mol. The van der Waals surface area contributed by atoms with Crippen LogP contribution >= 0.6 is 0 Å². The van der Waals surface area contributed by atoms with Crippen LogP contribution in [0.2, 0.25) is 0 Å². The number of hydrogen-bond donors (Lipinski definition) is 1. The Balaban J connectivity index is 2.68. The van der Waals surface area contributed by atoms with Gasteiger partial charge in [-0.2, -0.15) is 0 Å². The van der Waals surface area contributed by atoms with E-state index in [0.717, 1.165) is 19.1 Å². The van der Waals surface area contributed by atoms with Crippen molar-refractivity contribution in [3.05, 3.63) is 0 Å². The second kappa shape index (κ2) is 5.44. The second-order valence-electron chi connectivity index (χ2n) is 3.85. The number of aldehydes is 1. The molecule has 0 bridgehead atoms. The number of carbonyl (C=O) groups excluding carboxylic acids is 1. The number of carbonyl (C=O) groups is 1. The highest BCUT2D eigenvalue weighted by Gasteiger charge is 2.37. The third-order valence-electron chi connectivity index (χ3n) is 3.04. The Bertz CT molecular complexity index is 186. The predicted molar refractivity (Wildman–Crippen MR) is 52.9 cm³/mol. The topological polar surface area (TPSA) is 61.5 Å². The summed E-state index contributed by atoms with van der Waals surface area (Å²) in [6, 6.07) is 0. The maximum absolute atomic E-state index is 10.9. The van der Waals surface area contributed by atoms with Crippen molar-refractivity contribution in [2.24, 2.45) is 17.6 Å². The molecule has 0 aromatic rings. The van der Waals surface area contributed by atoms with Gasteiger partial charge in [0.1, 0.15) is 6.29 Å². The first-order valence-electron chi connectivity index (χ1n) is 4.97. The molecule has 0 aliphatic heterocycles. The van der Waals surface area contributed by atoms with Gasteiger partial charge in [0, 0.05) is 20.1 Å². The smallest absolute Gasteiger partial charge is 0.125 e. The van der Waals surface area contributed by atoms with Crippen LogP contribution in [0.1, 0.15) is 12.8 Å². The minimum absolute atomic E-state index is 0.00231. The molecule has 1 aliphatic carbocycles. The lowest BCUT2D eigenvalue weighted by Gasteiger charge is -2.37. The molecular formula is C10H19NO3. The molecule has 1 rings (SSSR count). The van der Waals surface area contributed by atoms with E-state index < -0.39 is 0 Å². The van der Waals surface area contributed by atoms with Gasteiger partial charge in [0.25, 0.3) is 0 Å². The molecule has 1 fully saturated rings. The Morgan fingerprint density at radius 3 is 2.50 bits per heavy atom. The quantitative estimate of drug-likeness (QED) is 0.660. The lowest BCUT2D eigenvalue weighted by Crippen LogP contribution is -2.45. The van der Waals surface area contributed by atoms with Crippen molar-refractivity contribution in [2.75, 3.05) is 20.8 Å². The summed E-state index contributed by atoms with van der Waals surface area (Å²) >= 11 is 0. The van der Waals surface area contributed by atoms with Crippen LogP contribution in [0.4, 0.5) is 0 Å². The van der Waals surface area contributed by atoms with Crippen LogP contribution in [-0.4, -0.2) is 39.3 Å². The van der Waals surface area contributed by atoms with Crippen molar-refractivity contribution >= 4 is 6.29 Å². The molecule has 82 valence electrons. The normalized spacial score (nSPS) is 38.2. The minimum atomic E-state index is -0.111. The lowest BCUT2D eigenvalue weighted by atomic mass is 9.78. The first-order chi connectivity index (χ1) is 6.76. The highest BCUT2D eigenvalue weighted by Crippen LogP contribution is 2.31. The molecule has 0 heterocycles. The minimum Gasteiger partial charge on any atom is -0.379 e. The molecule has 0 amide bonds. The summed E-state index contributed by atoms with van der Waals surface area (Å²) in [4.78, 5) is 10.9. The fraction of sp³-hybridized carbons (Fsp3) is 0.900. The van der Waals surface area contributed by atoms with Crippen LogP contribution in [0.15, 0.2) is 0 Å². The van der Waals surface area contributed by atoms with Crippen LogP contribution < -0.4 is 5.73 Å². The molecule has 2 N–H and O–H groups in total. The van der Waals surface area contributed by atoms with E-state index in [4.69, 9.17) is 15.2 Å². The van der Waals surface area contributed by atoms with Gasteiger partial charge in [0.2, 0.25) is 0 Å². The van der Waals surface area contributed by atoms with Gasteiger partial charge in [-0.05, 0) is 25.3 Å². The van der Waals surface area contributed by atoms with E-state index in [0.29, 0.717) is 12.5 Å². The predicted octanol–water partition coefficient (Wildman–Crippen LogP) is 0.200. The van der Waals surface area contributed by atoms with Crippen LogP contribution in [0.3, 0.4) is 0 Å². The summed E-state index contributed by atoms with van der Waals surface area (Å²) in [7, 11) is 3.27. The van der Waals surface area contributed by atoms with E-state index in [2.05, 4.69) is 0 Å². The van der Waals surface area contributed by atoms with Crippen molar-refractivity contribution in [1.29, 1.82) is 0 Å². The third kappa shape index (κ3) is 2.32. The SMILES string of the molecule is COC1CC(CN)CC(C=O)C1OC. The van der Waals surface area contributed by atoms with Gasteiger partial charge in [-0.25, -0.2) is 0 Å². The molecule has 1 aliphatic rings. The Labute approximate surface area is 84.7 Å². The molecule has 4 heteroatoms. The van der Waals surface area contributed by atoms with Gasteiger partial charge < -0.3 is 20.0 Å². The van der Waals surface area contributed by atoms with Crippen molar-refractivity contribution < 1.29 is 14.3 Å². The first kappa shape index (κ1) is 11.6. The fourth-order valence-electron chi connectivity index (χ4n) is 2.24. The van der Waals surface area contributed by atoms with Crippen molar-refractivity contribution in [1.82, 2.24) is 0 Å². The lowest BCUT2D eigenvalue weighted by molar-refractivity contribution is -0.130. The molecule has 0 aromatic heterocycles. The molecule has 4 atom stereocenters. The van der Waals surface area contributed by atoms with E-state index in [1.807, 2.05) is 0 Å². The van der Waals surface area contributed by atoms with Gasteiger partial charge in [-0.15, -0.1) is 0 Å². The summed E-state index contributed by atoms with van der Waals surface area (Å²) in [6.45, 7) is 0.612. The van der Waals surface area contributed by atoms with Gasteiger partial charge in [-0.1, -0.05) is 0 Å². The standard InChI is InChI=1S/C10H19NO3/c1-13-9-4-7(5-11)3-8(6-12)10(9)14-2/h6-10H,3-5,11H2,1-2H3. The van der Waals surface area contributed by atoms with Gasteiger partial charge >= 0.3 is 0 Å². The maximum Gasteiger partial charge on any atom is 0.125 e. The summed E-state index contributed by atoms with van der Waals surface area (Å²) in [6.07, 6.45) is 2.55. The Morgan fingerprint density at radius 1 is 1.36 bits per heavy atom. The van der Waals surface area contributed by atoms with Crippen molar-refractivity contribution in [3.63, 3.8) is 0 Å². The van der Waals surface area contributed by atoms with E-state index in [1.54, 1.807) is 14.2 Å². The highest BCUT2D eigenvalue weighted by atomic mass is 16.5. The number of ether oxygens (including phenoxy) is 2. The van der Waals surface area contributed by atoms with Crippen LogP contribution in [0.25, 0.3) is 0 Å². The van der Waals surface area contributed by atoms with Crippen LogP contribution in [0, 0.1) is 11.8 Å². The molecule has 0 radical (unpaired) electrons. The highest BCUT2D eigenvalue weighted by molar-refractivity contribution is 5.55. The number of rotatable bonds is 4. The first-order valence-corrected chi connectivity index (χ1v) is 4.97. The molecule has 0 spiro atoms. The summed E-state index contributed by atoms with van der Waals surface area (Å²) in [5.74, 6) is 0.300. The van der Waals surface area contributed by atoms with E-state index in [1.165, 1.54) is 0 Å². The average Bonchev–Trinajstić information content (AvgIpc) is 2.26. The molecule has 0 aromatic carbocycles. The summed E-state index contributed by atoms with van der Waals surface area (Å²) in [5.41, 5.74) is 5.61.